The molecule has 2 aromatic carbocycles. The Bertz CT molecular complexity index is 2150. The Morgan fingerprint density at radius 3 is 2.51 bits per heavy atom. The van der Waals surface area contributed by atoms with Crippen LogP contribution in [0, 0.1) is 5.82 Å². The summed E-state index contributed by atoms with van der Waals surface area (Å²) in [4.78, 5) is 20.7. The van der Waals surface area contributed by atoms with Crippen molar-refractivity contribution in [3.63, 3.8) is 0 Å². The Kier molecular flexibility index (Phi) is 10.2. The summed E-state index contributed by atoms with van der Waals surface area (Å²) in [5, 5.41) is 20.2. The molecule has 2 N–H and O–H groups in total. The Hall–Kier alpha value is -5.01. The molecule has 2 fully saturated rings. The van der Waals surface area contributed by atoms with Crippen molar-refractivity contribution in [3.05, 3.63) is 95.1 Å². The van der Waals surface area contributed by atoms with Gasteiger partial charge in [-0.3, -0.25) is 14.6 Å². The number of hydrogen-bond donors (Lipinski definition) is 2. The van der Waals surface area contributed by atoms with Crippen LogP contribution in [0.3, 0.4) is 0 Å². The van der Waals surface area contributed by atoms with Crippen LogP contribution in [0.4, 0.5) is 21.0 Å². The van der Waals surface area contributed by atoms with E-state index in [4.69, 9.17) is 9.84 Å². The van der Waals surface area contributed by atoms with Crippen LogP contribution in [0.5, 0.6) is 5.75 Å². The number of urea groups is 1. The maximum atomic E-state index is 15.1. The number of fused-ring (bicyclic) bond motifs is 2. The summed E-state index contributed by atoms with van der Waals surface area (Å²) in [5.74, 6) is 1.88. The SMILES string of the molecule is CC1CCCCN1c1nnc2ccc(O[C@@H]3CC[C@H](NC(=O)Nc4cc(C(C)(C)C)nn4-c4ccc(F)c(CN5CCN(C)CC5)c4)c4ccccc43)cn12. The Morgan fingerprint density at radius 2 is 1.73 bits per heavy atom. The fraction of sp³-hybridized carbons (Fsp3) is 0.476. The zero-order valence-corrected chi connectivity index (χ0v) is 32.6. The first kappa shape index (κ1) is 36.9. The molecular formula is C42H53FN10O2. The highest BCUT2D eigenvalue weighted by atomic mass is 19.1. The summed E-state index contributed by atoms with van der Waals surface area (Å²) in [6.07, 6.45) is 6.76. The molecule has 1 aliphatic carbocycles. The molecule has 2 saturated heterocycles. The minimum absolute atomic E-state index is 0.183. The van der Waals surface area contributed by atoms with Gasteiger partial charge < -0.3 is 19.9 Å². The summed E-state index contributed by atoms with van der Waals surface area (Å²) in [6.45, 7) is 13.7. The highest BCUT2D eigenvalue weighted by Crippen LogP contribution is 2.39. The molecule has 3 atom stereocenters. The van der Waals surface area contributed by atoms with Gasteiger partial charge in [-0.2, -0.15) is 5.10 Å². The topological polar surface area (TPSA) is 108 Å². The molecular weight excluding hydrogens is 696 g/mol. The fourth-order valence-corrected chi connectivity index (χ4v) is 8.11. The van der Waals surface area contributed by atoms with Crippen molar-refractivity contribution < 1.29 is 13.9 Å². The van der Waals surface area contributed by atoms with E-state index in [0.29, 0.717) is 36.1 Å². The van der Waals surface area contributed by atoms with Crippen LogP contribution in [0.25, 0.3) is 11.3 Å². The van der Waals surface area contributed by atoms with E-state index in [9.17, 15) is 4.79 Å². The van der Waals surface area contributed by atoms with Gasteiger partial charge in [0, 0.05) is 62.4 Å². The average molecular weight is 749 g/mol. The number of piperidine rings is 1. The second-order valence-corrected chi connectivity index (χ2v) is 16.5. The Morgan fingerprint density at radius 1 is 0.927 bits per heavy atom. The number of rotatable bonds is 8. The number of nitrogens with zero attached hydrogens (tertiary/aromatic N) is 8. The van der Waals surface area contributed by atoms with Crippen LogP contribution in [0.2, 0.25) is 0 Å². The number of aromatic nitrogens is 5. The van der Waals surface area contributed by atoms with Gasteiger partial charge in [-0.25, -0.2) is 13.9 Å². The monoisotopic (exact) mass is 748 g/mol. The molecule has 2 amide bonds. The molecule has 13 heteroatoms. The molecule has 8 rings (SSSR count). The van der Waals surface area contributed by atoms with Gasteiger partial charge in [0.2, 0.25) is 5.95 Å². The smallest absolute Gasteiger partial charge is 0.320 e. The number of hydrogen-bond acceptors (Lipinski definition) is 8. The molecule has 5 heterocycles. The number of likely N-dealkylation sites (N-methyl/N-ethyl adjacent to an activating group) is 1. The van der Waals surface area contributed by atoms with E-state index < -0.39 is 0 Å². The zero-order chi connectivity index (χ0) is 38.3. The zero-order valence-electron chi connectivity index (χ0n) is 32.6. The predicted octanol–water partition coefficient (Wildman–Crippen LogP) is 7.25. The van der Waals surface area contributed by atoms with Crippen molar-refractivity contribution in [2.24, 2.45) is 0 Å². The van der Waals surface area contributed by atoms with Crippen molar-refractivity contribution in [3.8, 4) is 11.4 Å². The molecule has 290 valence electrons. The molecule has 0 saturated carbocycles. The Labute approximate surface area is 322 Å². The number of amides is 2. The van der Waals surface area contributed by atoms with Gasteiger partial charge in [0.1, 0.15) is 23.5 Å². The minimum Gasteiger partial charge on any atom is -0.484 e. The molecule has 5 aromatic rings. The summed E-state index contributed by atoms with van der Waals surface area (Å²) < 4.78 is 25.6. The van der Waals surface area contributed by atoms with Gasteiger partial charge in [0.05, 0.1) is 23.6 Å². The molecule has 3 aliphatic rings. The largest absolute Gasteiger partial charge is 0.484 e. The average Bonchev–Trinajstić information content (AvgIpc) is 3.79. The number of nitrogens with one attached hydrogen (secondary N) is 2. The highest BCUT2D eigenvalue weighted by Gasteiger charge is 2.31. The van der Waals surface area contributed by atoms with E-state index in [-0.39, 0.29) is 29.4 Å². The summed E-state index contributed by atoms with van der Waals surface area (Å²) >= 11 is 0. The van der Waals surface area contributed by atoms with E-state index >= 15 is 4.39 Å². The third-order valence-corrected chi connectivity index (χ3v) is 11.4. The van der Waals surface area contributed by atoms with Crippen molar-refractivity contribution in [2.75, 3.05) is 50.0 Å². The molecule has 3 aromatic heterocycles. The maximum Gasteiger partial charge on any atom is 0.320 e. The third kappa shape index (κ3) is 7.90. The van der Waals surface area contributed by atoms with Crippen LogP contribution in [-0.2, 0) is 12.0 Å². The van der Waals surface area contributed by atoms with Crippen LogP contribution in [0.1, 0.15) is 94.3 Å². The first-order valence-electron chi connectivity index (χ1n) is 19.7. The summed E-state index contributed by atoms with van der Waals surface area (Å²) in [5.41, 5.74) is 4.72. The number of ether oxygens (including phenoxy) is 1. The number of pyridine rings is 1. The molecule has 12 nitrogen and oxygen atoms in total. The van der Waals surface area contributed by atoms with Crippen molar-refractivity contribution in [1.29, 1.82) is 0 Å². The fourth-order valence-electron chi connectivity index (χ4n) is 8.11. The second-order valence-electron chi connectivity index (χ2n) is 16.5. The molecule has 0 radical (unpaired) electrons. The second kappa shape index (κ2) is 15.3. The Balaban J connectivity index is 0.990. The molecule has 55 heavy (non-hydrogen) atoms. The van der Waals surface area contributed by atoms with Gasteiger partial charge in [0.15, 0.2) is 5.65 Å². The maximum absolute atomic E-state index is 15.1. The first-order valence-corrected chi connectivity index (χ1v) is 19.7. The quantitative estimate of drug-likeness (QED) is 0.171. The van der Waals surface area contributed by atoms with E-state index in [0.717, 1.165) is 86.2 Å². The van der Waals surface area contributed by atoms with Crippen LogP contribution < -0.4 is 20.3 Å². The van der Waals surface area contributed by atoms with Crippen molar-refractivity contribution >= 4 is 23.4 Å². The van der Waals surface area contributed by atoms with Gasteiger partial charge in [-0.1, -0.05) is 45.0 Å². The lowest BCUT2D eigenvalue weighted by atomic mass is 9.85. The standard InChI is InChI=1S/C42H53FN10O2/c1-28-10-8-9-19-51(28)41-47-46-38-18-14-31(27-52(38)41)55-36-17-16-35(32-11-6-7-12-33(32)36)44-40(54)45-39-25-37(42(2,3)4)48-53(39)30-13-15-34(43)29(24-30)26-50-22-20-49(5)21-23-50/h6-7,11-15,18,24-25,27-28,35-36H,8-10,16-17,19-23,26H2,1-5H3,(H2,44,45,54)/t28?,35-,36+/m0/s1. The summed E-state index contributed by atoms with van der Waals surface area (Å²) in [7, 11) is 2.11. The van der Waals surface area contributed by atoms with Crippen LogP contribution in [-0.4, -0.2) is 86.0 Å². The summed E-state index contributed by atoms with van der Waals surface area (Å²) in [6, 6.07) is 18.9. The van der Waals surface area contributed by atoms with Crippen molar-refractivity contribution in [2.45, 2.75) is 89.9 Å². The van der Waals surface area contributed by atoms with Crippen molar-refractivity contribution in [1.82, 2.24) is 39.5 Å². The van der Waals surface area contributed by atoms with Gasteiger partial charge in [0.25, 0.3) is 0 Å². The molecule has 0 spiro atoms. The van der Waals surface area contributed by atoms with E-state index in [1.807, 2.05) is 47.0 Å². The lowest BCUT2D eigenvalue weighted by Gasteiger charge is -2.33. The number of halogens is 1. The molecule has 1 unspecified atom stereocenters. The number of piperazine rings is 1. The molecule has 0 bridgehead atoms. The van der Waals surface area contributed by atoms with E-state index in [1.165, 1.54) is 12.5 Å². The van der Waals surface area contributed by atoms with Gasteiger partial charge in [-0.05, 0) is 87.5 Å². The highest BCUT2D eigenvalue weighted by molar-refractivity contribution is 5.89. The normalized spacial score (nSPS) is 21.1. The number of carbonyl (C=O) groups excluding carboxylic acids is 1. The molecule has 2 aliphatic heterocycles. The lowest BCUT2D eigenvalue weighted by Crippen LogP contribution is -2.44. The lowest BCUT2D eigenvalue weighted by molar-refractivity contribution is 0.147. The first-order chi connectivity index (χ1) is 26.5. The number of benzene rings is 2. The number of carbonyl (C=O) groups is 1. The van der Waals surface area contributed by atoms with Crippen LogP contribution >= 0.6 is 0 Å². The van der Waals surface area contributed by atoms with Crippen LogP contribution in [0.15, 0.2) is 66.9 Å². The number of anilines is 2. The van der Waals surface area contributed by atoms with E-state index in [2.05, 4.69) is 82.4 Å². The predicted molar refractivity (Wildman–Crippen MR) is 213 cm³/mol. The van der Waals surface area contributed by atoms with Gasteiger partial charge in [-0.15, -0.1) is 10.2 Å². The minimum atomic E-state index is -0.335. The van der Waals surface area contributed by atoms with E-state index in [1.54, 1.807) is 10.7 Å². The van der Waals surface area contributed by atoms with Gasteiger partial charge >= 0.3 is 6.03 Å². The third-order valence-electron chi connectivity index (χ3n) is 11.4.